The Labute approximate surface area is 171 Å². The normalized spacial score (nSPS) is 12.6. The lowest BCUT2D eigenvalue weighted by atomic mass is 10.1. The molecule has 0 radical (unpaired) electrons. The van der Waals surface area contributed by atoms with E-state index in [1.165, 1.54) is 6.07 Å². The Hall–Kier alpha value is -1.68. The van der Waals surface area contributed by atoms with E-state index in [1.807, 2.05) is 44.9 Å². The number of hydrogen-bond acceptors (Lipinski definition) is 3. The fourth-order valence-electron chi connectivity index (χ4n) is 2.56. The van der Waals surface area contributed by atoms with Crippen molar-refractivity contribution in [3.63, 3.8) is 0 Å². The summed E-state index contributed by atoms with van der Waals surface area (Å²) < 4.78 is 15.4. The molecule has 26 heavy (non-hydrogen) atoms. The highest BCUT2D eigenvalue weighted by Crippen LogP contribution is 2.18. The van der Waals surface area contributed by atoms with Gasteiger partial charge >= 0.3 is 0 Å². The third kappa shape index (κ3) is 6.56. The Morgan fingerprint density at radius 1 is 1.31 bits per heavy atom. The van der Waals surface area contributed by atoms with Crippen LogP contribution in [-0.4, -0.2) is 47.8 Å². The lowest BCUT2D eigenvalue weighted by Crippen LogP contribution is -2.41. The summed E-state index contributed by atoms with van der Waals surface area (Å²) in [7, 11) is 5.87. The van der Waals surface area contributed by atoms with Crippen LogP contribution in [0, 0.1) is 5.82 Å². The number of benzene rings is 1. The number of nitrogens with one attached hydrogen (secondary N) is 2. The van der Waals surface area contributed by atoms with Crippen LogP contribution in [0.25, 0.3) is 0 Å². The van der Waals surface area contributed by atoms with E-state index in [1.54, 1.807) is 18.3 Å². The molecule has 1 aromatic heterocycles. The van der Waals surface area contributed by atoms with Crippen LogP contribution in [0.5, 0.6) is 0 Å². The lowest BCUT2D eigenvalue weighted by molar-refractivity contribution is 0.297. The van der Waals surface area contributed by atoms with Gasteiger partial charge in [0, 0.05) is 26.3 Å². The molecule has 2 aromatic rings. The molecule has 1 atom stereocenters. The first-order valence-electron chi connectivity index (χ1n) is 8.42. The van der Waals surface area contributed by atoms with Gasteiger partial charge in [-0.05, 0) is 44.8 Å². The van der Waals surface area contributed by atoms with Crippen LogP contribution >= 0.6 is 24.0 Å². The van der Waals surface area contributed by atoms with Crippen molar-refractivity contribution in [2.45, 2.75) is 19.5 Å². The van der Waals surface area contributed by atoms with Crippen molar-refractivity contribution < 1.29 is 4.39 Å². The van der Waals surface area contributed by atoms with E-state index in [9.17, 15) is 4.39 Å². The van der Waals surface area contributed by atoms with Crippen LogP contribution in [0.2, 0.25) is 0 Å². The molecular formula is C18H28FIN6. The standard InChI is InChI=1S/C18H27FN6.HI/c1-5-20-18(21-12-16-9-10-23-25(16)4)22-13-17(24(2)3)14-7-6-8-15(19)11-14;/h6-11,17H,5,12-13H2,1-4H3,(H2,20,21,22);1H. The van der Waals surface area contributed by atoms with Gasteiger partial charge < -0.3 is 15.5 Å². The first kappa shape index (κ1) is 22.4. The number of halogens is 2. The van der Waals surface area contributed by atoms with Crippen molar-refractivity contribution >= 4 is 29.9 Å². The van der Waals surface area contributed by atoms with E-state index < -0.39 is 0 Å². The van der Waals surface area contributed by atoms with E-state index >= 15 is 0 Å². The van der Waals surface area contributed by atoms with Gasteiger partial charge in [-0.1, -0.05) is 12.1 Å². The third-order valence-electron chi connectivity index (χ3n) is 3.99. The predicted octanol–water partition coefficient (Wildman–Crippen LogP) is 2.54. The monoisotopic (exact) mass is 474 g/mol. The van der Waals surface area contributed by atoms with Crippen LogP contribution in [0.1, 0.15) is 24.2 Å². The van der Waals surface area contributed by atoms with Gasteiger partial charge in [-0.2, -0.15) is 5.10 Å². The molecule has 0 saturated heterocycles. The molecule has 2 N–H and O–H groups in total. The fourth-order valence-corrected chi connectivity index (χ4v) is 2.56. The highest BCUT2D eigenvalue weighted by Gasteiger charge is 2.15. The second kappa shape index (κ2) is 11.1. The van der Waals surface area contributed by atoms with Gasteiger partial charge in [-0.3, -0.25) is 4.68 Å². The quantitative estimate of drug-likeness (QED) is 0.368. The Morgan fingerprint density at radius 3 is 2.65 bits per heavy atom. The van der Waals surface area contributed by atoms with Crippen LogP contribution in [-0.2, 0) is 13.6 Å². The molecule has 0 aliphatic rings. The molecule has 1 aromatic carbocycles. The fraction of sp³-hybridized carbons (Fsp3) is 0.444. The minimum atomic E-state index is -0.221. The SMILES string of the molecule is CCNC(=NCc1ccnn1C)NCC(c1cccc(F)c1)N(C)C.I. The summed E-state index contributed by atoms with van der Waals surface area (Å²) in [6, 6.07) is 8.70. The molecule has 0 spiro atoms. The summed E-state index contributed by atoms with van der Waals surface area (Å²) in [5, 5.41) is 10.7. The summed E-state index contributed by atoms with van der Waals surface area (Å²) in [6.45, 7) is 3.95. The molecule has 0 amide bonds. The first-order chi connectivity index (χ1) is 12.0. The zero-order valence-corrected chi connectivity index (χ0v) is 18.1. The Morgan fingerprint density at radius 2 is 2.08 bits per heavy atom. The molecule has 0 aliphatic heterocycles. The van der Waals surface area contributed by atoms with Crippen molar-refractivity contribution in [1.82, 2.24) is 25.3 Å². The van der Waals surface area contributed by atoms with Gasteiger partial charge in [0.05, 0.1) is 18.3 Å². The van der Waals surface area contributed by atoms with Crippen molar-refractivity contribution in [2.24, 2.45) is 12.0 Å². The van der Waals surface area contributed by atoms with E-state index in [0.29, 0.717) is 13.1 Å². The number of hydrogen-bond donors (Lipinski definition) is 2. The first-order valence-corrected chi connectivity index (χ1v) is 8.42. The van der Waals surface area contributed by atoms with Gasteiger partial charge in [0.25, 0.3) is 0 Å². The maximum absolute atomic E-state index is 13.5. The van der Waals surface area contributed by atoms with Gasteiger partial charge in [0.1, 0.15) is 5.82 Å². The van der Waals surface area contributed by atoms with Gasteiger partial charge in [0.15, 0.2) is 5.96 Å². The summed E-state index contributed by atoms with van der Waals surface area (Å²) in [4.78, 5) is 6.66. The van der Waals surface area contributed by atoms with E-state index in [-0.39, 0.29) is 35.8 Å². The van der Waals surface area contributed by atoms with Crippen molar-refractivity contribution in [3.05, 3.63) is 53.6 Å². The number of aromatic nitrogens is 2. The topological polar surface area (TPSA) is 57.5 Å². The summed E-state index contributed by atoms with van der Waals surface area (Å²) in [5.74, 6) is 0.507. The van der Waals surface area contributed by atoms with E-state index in [0.717, 1.165) is 23.8 Å². The lowest BCUT2D eigenvalue weighted by Gasteiger charge is -2.26. The molecule has 144 valence electrons. The molecule has 0 saturated carbocycles. The second-order valence-electron chi connectivity index (χ2n) is 6.06. The number of aryl methyl sites for hydroxylation is 1. The molecule has 0 aliphatic carbocycles. The minimum absolute atomic E-state index is 0. The molecule has 2 rings (SSSR count). The van der Waals surface area contributed by atoms with Gasteiger partial charge in [0.2, 0.25) is 0 Å². The average molecular weight is 474 g/mol. The molecule has 8 heteroatoms. The molecule has 6 nitrogen and oxygen atoms in total. The number of guanidine groups is 1. The van der Waals surface area contributed by atoms with Crippen molar-refractivity contribution in [1.29, 1.82) is 0 Å². The summed E-state index contributed by atoms with van der Waals surface area (Å²) in [5.41, 5.74) is 1.96. The van der Waals surface area contributed by atoms with E-state index in [4.69, 9.17) is 0 Å². The maximum Gasteiger partial charge on any atom is 0.191 e. The molecular weight excluding hydrogens is 446 g/mol. The Balaban J connectivity index is 0.00000338. The highest BCUT2D eigenvalue weighted by molar-refractivity contribution is 14.0. The van der Waals surface area contributed by atoms with Crippen LogP contribution in [0.3, 0.4) is 0 Å². The number of aliphatic imine (C=N–C) groups is 1. The van der Waals surface area contributed by atoms with Crippen molar-refractivity contribution in [3.8, 4) is 0 Å². The highest BCUT2D eigenvalue weighted by atomic mass is 127. The van der Waals surface area contributed by atoms with Gasteiger partial charge in [-0.25, -0.2) is 9.38 Å². The molecule has 0 fully saturated rings. The predicted molar refractivity (Wildman–Crippen MR) is 114 cm³/mol. The minimum Gasteiger partial charge on any atom is -0.357 e. The largest absolute Gasteiger partial charge is 0.357 e. The Bertz CT molecular complexity index is 700. The second-order valence-corrected chi connectivity index (χ2v) is 6.06. The maximum atomic E-state index is 13.5. The average Bonchev–Trinajstić information content (AvgIpc) is 2.97. The summed E-state index contributed by atoms with van der Waals surface area (Å²) >= 11 is 0. The summed E-state index contributed by atoms with van der Waals surface area (Å²) in [6.07, 6.45) is 1.76. The number of likely N-dealkylation sites (N-methyl/N-ethyl adjacent to an activating group) is 1. The number of rotatable bonds is 7. The van der Waals surface area contributed by atoms with Gasteiger partial charge in [-0.15, -0.1) is 24.0 Å². The zero-order chi connectivity index (χ0) is 18.2. The molecule has 1 unspecified atom stereocenters. The van der Waals surface area contributed by atoms with Crippen LogP contribution < -0.4 is 10.6 Å². The third-order valence-corrected chi connectivity index (χ3v) is 3.99. The molecule has 0 bridgehead atoms. The van der Waals surface area contributed by atoms with Crippen LogP contribution in [0.4, 0.5) is 4.39 Å². The Kier molecular flexibility index (Phi) is 9.57. The molecule has 1 heterocycles. The zero-order valence-electron chi connectivity index (χ0n) is 15.7. The smallest absolute Gasteiger partial charge is 0.191 e. The van der Waals surface area contributed by atoms with Crippen molar-refractivity contribution in [2.75, 3.05) is 27.2 Å². The van der Waals surface area contributed by atoms with Crippen LogP contribution in [0.15, 0.2) is 41.5 Å². The van der Waals surface area contributed by atoms with E-state index in [2.05, 4.69) is 25.6 Å². The number of nitrogens with zero attached hydrogens (tertiary/aromatic N) is 4.